The fourth-order valence-corrected chi connectivity index (χ4v) is 1.75. The van der Waals surface area contributed by atoms with E-state index in [1.807, 2.05) is 20.8 Å². The Morgan fingerprint density at radius 1 is 1.41 bits per heavy atom. The average Bonchev–Trinajstić information content (AvgIpc) is 2.60. The van der Waals surface area contributed by atoms with E-state index in [0.717, 1.165) is 0 Å². The fourth-order valence-electron chi connectivity index (χ4n) is 1.75. The van der Waals surface area contributed by atoms with Gasteiger partial charge in [0, 0.05) is 6.42 Å². The Morgan fingerprint density at radius 3 is 2.53 bits per heavy atom. The first-order chi connectivity index (χ1) is 7.78. The van der Waals surface area contributed by atoms with Crippen LogP contribution in [-0.2, 0) is 19.1 Å². The Bertz CT molecular complexity index is 292. The van der Waals surface area contributed by atoms with Gasteiger partial charge in [-0.3, -0.25) is 9.59 Å². The Morgan fingerprint density at radius 2 is 2.06 bits per heavy atom. The maximum Gasteiger partial charge on any atom is 0.308 e. The fraction of sp³-hybridized carbons (Fsp3) is 0.833. The molecule has 5 nitrogen and oxygen atoms in total. The maximum absolute atomic E-state index is 11.4. The van der Waals surface area contributed by atoms with Crippen LogP contribution in [0.3, 0.4) is 0 Å². The van der Waals surface area contributed by atoms with Crippen molar-refractivity contribution < 1.29 is 24.2 Å². The summed E-state index contributed by atoms with van der Waals surface area (Å²) in [6.07, 6.45) is 1.15. The second-order valence-electron chi connectivity index (χ2n) is 5.35. The summed E-state index contributed by atoms with van der Waals surface area (Å²) in [5, 5.41) is 8.79. The molecule has 0 aromatic rings. The number of carbonyl (C=O) groups excluding carboxylic acids is 1. The van der Waals surface area contributed by atoms with Gasteiger partial charge in [-0.2, -0.15) is 0 Å². The molecule has 1 fully saturated rings. The second-order valence-corrected chi connectivity index (χ2v) is 5.35. The van der Waals surface area contributed by atoms with Crippen LogP contribution in [0.5, 0.6) is 0 Å². The highest BCUT2D eigenvalue weighted by atomic mass is 16.6. The third-order valence-corrected chi connectivity index (χ3v) is 2.52. The van der Waals surface area contributed by atoms with Crippen molar-refractivity contribution in [1.29, 1.82) is 0 Å². The molecule has 0 bridgehead atoms. The first-order valence-electron chi connectivity index (χ1n) is 5.84. The number of rotatable bonds is 4. The normalized spacial score (nSPS) is 24.6. The van der Waals surface area contributed by atoms with Gasteiger partial charge in [-0.05, 0) is 33.6 Å². The third-order valence-electron chi connectivity index (χ3n) is 2.52. The molecule has 1 N–H and O–H groups in total. The van der Waals surface area contributed by atoms with E-state index in [2.05, 4.69) is 0 Å². The van der Waals surface area contributed by atoms with E-state index in [-0.39, 0.29) is 25.1 Å². The zero-order valence-corrected chi connectivity index (χ0v) is 10.6. The van der Waals surface area contributed by atoms with Crippen LogP contribution in [0.2, 0.25) is 0 Å². The number of aliphatic carboxylic acids is 1. The van der Waals surface area contributed by atoms with Gasteiger partial charge in [0.05, 0.1) is 18.6 Å². The Balaban J connectivity index is 2.24. The van der Waals surface area contributed by atoms with Crippen molar-refractivity contribution in [3.8, 4) is 0 Å². The molecule has 98 valence electrons. The van der Waals surface area contributed by atoms with Crippen molar-refractivity contribution in [2.24, 2.45) is 5.92 Å². The van der Waals surface area contributed by atoms with E-state index < -0.39 is 17.5 Å². The molecule has 0 unspecified atom stereocenters. The molecule has 1 heterocycles. The number of carboxylic acids is 1. The summed E-state index contributed by atoms with van der Waals surface area (Å²) >= 11 is 0. The van der Waals surface area contributed by atoms with Crippen LogP contribution in [0.25, 0.3) is 0 Å². The molecule has 0 saturated carbocycles. The van der Waals surface area contributed by atoms with Gasteiger partial charge in [0.25, 0.3) is 0 Å². The highest BCUT2D eigenvalue weighted by molar-refractivity contribution is 5.71. The van der Waals surface area contributed by atoms with Gasteiger partial charge in [0.2, 0.25) is 0 Å². The molecule has 1 rings (SSSR count). The quantitative estimate of drug-likeness (QED) is 0.760. The number of carboxylic acid groups (broad SMARTS) is 1. The van der Waals surface area contributed by atoms with E-state index in [1.54, 1.807) is 0 Å². The first kappa shape index (κ1) is 14.0. The van der Waals surface area contributed by atoms with Crippen LogP contribution in [0.4, 0.5) is 0 Å². The third kappa shape index (κ3) is 5.17. The number of esters is 1. The number of hydrogen-bond donors (Lipinski definition) is 1. The molecule has 1 saturated heterocycles. The minimum atomic E-state index is -0.829. The van der Waals surface area contributed by atoms with Gasteiger partial charge in [0.15, 0.2) is 0 Å². The minimum absolute atomic E-state index is 0.136. The van der Waals surface area contributed by atoms with E-state index in [9.17, 15) is 9.59 Å². The lowest BCUT2D eigenvalue weighted by molar-refractivity contribution is -0.155. The lowest BCUT2D eigenvalue weighted by Crippen LogP contribution is -2.24. The SMILES string of the molecule is CC(C)(C)OC(=O)CC[C@@H]1C[C@@H](C(=O)O)CO1. The molecular formula is C12H20O5. The van der Waals surface area contributed by atoms with Crippen LogP contribution in [0.1, 0.15) is 40.0 Å². The molecule has 1 aliphatic rings. The molecule has 0 aromatic carbocycles. The van der Waals surface area contributed by atoms with Gasteiger partial charge in [0.1, 0.15) is 5.60 Å². The van der Waals surface area contributed by atoms with E-state index in [4.69, 9.17) is 14.6 Å². The number of hydrogen-bond acceptors (Lipinski definition) is 4. The highest BCUT2D eigenvalue weighted by Crippen LogP contribution is 2.23. The summed E-state index contributed by atoms with van der Waals surface area (Å²) in [7, 11) is 0. The van der Waals surface area contributed by atoms with Gasteiger partial charge in [-0.1, -0.05) is 0 Å². The first-order valence-corrected chi connectivity index (χ1v) is 5.84. The molecule has 2 atom stereocenters. The molecule has 0 amide bonds. The van der Waals surface area contributed by atoms with Gasteiger partial charge < -0.3 is 14.6 Å². The standard InChI is InChI=1S/C12H20O5/c1-12(2,3)17-10(13)5-4-9-6-8(7-16-9)11(14)15/h8-9H,4-7H2,1-3H3,(H,14,15)/t8-,9-/m1/s1. The summed E-state index contributed by atoms with van der Waals surface area (Å²) in [4.78, 5) is 22.1. The van der Waals surface area contributed by atoms with Crippen molar-refractivity contribution in [3.63, 3.8) is 0 Å². The Labute approximate surface area is 101 Å². The van der Waals surface area contributed by atoms with E-state index in [1.165, 1.54) is 0 Å². The van der Waals surface area contributed by atoms with Crippen molar-refractivity contribution in [3.05, 3.63) is 0 Å². The summed E-state index contributed by atoms with van der Waals surface area (Å²) in [5.41, 5.74) is -0.475. The van der Waals surface area contributed by atoms with Crippen LogP contribution < -0.4 is 0 Å². The molecule has 17 heavy (non-hydrogen) atoms. The maximum atomic E-state index is 11.4. The largest absolute Gasteiger partial charge is 0.481 e. The second kappa shape index (κ2) is 5.49. The molecular weight excluding hydrogens is 224 g/mol. The summed E-state index contributed by atoms with van der Waals surface area (Å²) in [5.74, 6) is -1.52. The van der Waals surface area contributed by atoms with E-state index in [0.29, 0.717) is 12.8 Å². The number of carbonyl (C=O) groups is 2. The average molecular weight is 244 g/mol. The van der Waals surface area contributed by atoms with Gasteiger partial charge in [-0.25, -0.2) is 0 Å². The lowest BCUT2D eigenvalue weighted by Gasteiger charge is -2.20. The lowest BCUT2D eigenvalue weighted by atomic mass is 10.0. The van der Waals surface area contributed by atoms with Crippen LogP contribution in [-0.4, -0.2) is 35.4 Å². The Kier molecular flexibility index (Phi) is 4.51. The van der Waals surface area contributed by atoms with Gasteiger partial charge >= 0.3 is 11.9 Å². The molecule has 0 aromatic heterocycles. The smallest absolute Gasteiger partial charge is 0.308 e. The zero-order valence-electron chi connectivity index (χ0n) is 10.6. The predicted molar refractivity (Wildman–Crippen MR) is 60.6 cm³/mol. The van der Waals surface area contributed by atoms with Crippen molar-refractivity contribution in [1.82, 2.24) is 0 Å². The van der Waals surface area contributed by atoms with Crippen LogP contribution in [0.15, 0.2) is 0 Å². The van der Waals surface area contributed by atoms with E-state index >= 15 is 0 Å². The molecule has 1 aliphatic heterocycles. The summed E-state index contributed by atoms with van der Waals surface area (Å²) in [6.45, 7) is 5.70. The Hall–Kier alpha value is -1.10. The molecule has 0 spiro atoms. The van der Waals surface area contributed by atoms with Crippen molar-refractivity contribution in [2.75, 3.05) is 6.61 Å². The molecule has 5 heteroatoms. The zero-order chi connectivity index (χ0) is 13.1. The summed E-state index contributed by atoms with van der Waals surface area (Å²) in [6, 6.07) is 0. The summed E-state index contributed by atoms with van der Waals surface area (Å²) < 4.78 is 10.5. The topological polar surface area (TPSA) is 72.8 Å². The predicted octanol–water partition coefficient (Wildman–Crippen LogP) is 1.60. The van der Waals surface area contributed by atoms with Crippen LogP contribution in [0, 0.1) is 5.92 Å². The molecule has 0 radical (unpaired) electrons. The monoisotopic (exact) mass is 244 g/mol. The molecule has 0 aliphatic carbocycles. The van der Waals surface area contributed by atoms with Crippen LogP contribution >= 0.6 is 0 Å². The minimum Gasteiger partial charge on any atom is -0.481 e. The van der Waals surface area contributed by atoms with Crippen molar-refractivity contribution >= 4 is 11.9 Å². The number of ether oxygens (including phenoxy) is 2. The highest BCUT2D eigenvalue weighted by Gasteiger charge is 2.31. The van der Waals surface area contributed by atoms with Crippen molar-refractivity contribution in [2.45, 2.75) is 51.7 Å². The van der Waals surface area contributed by atoms with Gasteiger partial charge in [-0.15, -0.1) is 0 Å².